The summed E-state index contributed by atoms with van der Waals surface area (Å²) in [6.45, 7) is 0.848. The van der Waals surface area contributed by atoms with Gasteiger partial charge in [-0.25, -0.2) is 0 Å². The van der Waals surface area contributed by atoms with E-state index in [-0.39, 0.29) is 6.04 Å². The first kappa shape index (κ1) is 10.0. The van der Waals surface area contributed by atoms with Gasteiger partial charge in [0.1, 0.15) is 6.29 Å². The number of aldehydes is 1. The largest absolute Gasteiger partial charge is 0.303 e. The maximum absolute atomic E-state index is 10.9. The van der Waals surface area contributed by atoms with Crippen LogP contribution in [0.3, 0.4) is 0 Å². The molecule has 0 bridgehead atoms. The topological polar surface area (TPSA) is 29.1 Å². The lowest BCUT2D eigenvalue weighted by Crippen LogP contribution is -2.23. The summed E-state index contributed by atoms with van der Waals surface area (Å²) in [5.74, 6) is 0.985. The van der Waals surface area contributed by atoms with Gasteiger partial charge in [-0.05, 0) is 23.8 Å². The smallest absolute Gasteiger partial charge is 0.141 e. The van der Waals surface area contributed by atoms with Gasteiger partial charge in [-0.1, -0.05) is 11.6 Å². The average Bonchev–Trinajstić information content (AvgIpc) is 2.39. The first-order valence-electron chi connectivity index (χ1n) is 4.42. The van der Waals surface area contributed by atoms with Crippen LogP contribution in [-0.4, -0.2) is 18.6 Å². The minimum atomic E-state index is -0.210. The zero-order valence-corrected chi connectivity index (χ0v) is 9.07. The van der Waals surface area contributed by atoms with Crippen LogP contribution in [0.1, 0.15) is 11.6 Å². The van der Waals surface area contributed by atoms with Crippen LogP contribution in [0.4, 0.5) is 0 Å². The molecule has 1 aliphatic rings. The van der Waals surface area contributed by atoms with Crippen LogP contribution in [0.15, 0.2) is 23.1 Å². The van der Waals surface area contributed by atoms with Gasteiger partial charge in [-0.3, -0.25) is 0 Å². The van der Waals surface area contributed by atoms with E-state index < -0.39 is 0 Å². The highest BCUT2D eigenvalue weighted by Gasteiger charge is 2.17. The van der Waals surface area contributed by atoms with Gasteiger partial charge in [0.15, 0.2) is 0 Å². The minimum absolute atomic E-state index is 0.210. The number of fused-ring (bicyclic) bond motifs is 1. The third kappa shape index (κ3) is 1.95. The molecule has 0 saturated heterocycles. The van der Waals surface area contributed by atoms with Gasteiger partial charge in [0.25, 0.3) is 0 Å². The van der Waals surface area contributed by atoms with Crippen LogP contribution in [-0.2, 0) is 4.79 Å². The van der Waals surface area contributed by atoms with E-state index in [1.807, 2.05) is 18.2 Å². The van der Waals surface area contributed by atoms with Crippen molar-refractivity contribution >= 4 is 29.6 Å². The highest BCUT2D eigenvalue weighted by Crippen LogP contribution is 2.31. The van der Waals surface area contributed by atoms with Gasteiger partial charge in [-0.2, -0.15) is 0 Å². The van der Waals surface area contributed by atoms with Crippen molar-refractivity contribution < 1.29 is 4.79 Å². The SMILES string of the molecule is O=CC1NCCSc2ccc(Cl)cc21. The van der Waals surface area contributed by atoms with Crippen molar-refractivity contribution in [1.29, 1.82) is 0 Å². The molecule has 1 aromatic carbocycles. The van der Waals surface area contributed by atoms with Crippen LogP contribution in [0.25, 0.3) is 0 Å². The summed E-state index contributed by atoms with van der Waals surface area (Å²) in [7, 11) is 0. The lowest BCUT2D eigenvalue weighted by molar-refractivity contribution is -0.109. The van der Waals surface area contributed by atoms with E-state index in [2.05, 4.69) is 5.32 Å². The van der Waals surface area contributed by atoms with Crippen molar-refractivity contribution in [2.24, 2.45) is 0 Å². The Morgan fingerprint density at radius 3 is 3.21 bits per heavy atom. The number of nitrogens with one attached hydrogen (secondary N) is 1. The fraction of sp³-hybridized carbons (Fsp3) is 0.300. The van der Waals surface area contributed by atoms with E-state index in [9.17, 15) is 4.79 Å². The molecule has 2 rings (SSSR count). The zero-order chi connectivity index (χ0) is 9.97. The van der Waals surface area contributed by atoms with Gasteiger partial charge in [-0.15, -0.1) is 11.8 Å². The molecule has 14 heavy (non-hydrogen) atoms. The van der Waals surface area contributed by atoms with Crippen molar-refractivity contribution in [2.75, 3.05) is 12.3 Å². The van der Waals surface area contributed by atoms with E-state index in [0.29, 0.717) is 5.02 Å². The van der Waals surface area contributed by atoms with Crippen molar-refractivity contribution in [3.8, 4) is 0 Å². The molecule has 4 heteroatoms. The summed E-state index contributed by atoms with van der Waals surface area (Å²) in [6.07, 6.45) is 0.932. The maximum atomic E-state index is 10.9. The lowest BCUT2D eigenvalue weighted by atomic mass is 10.1. The second kappa shape index (κ2) is 4.34. The Kier molecular flexibility index (Phi) is 3.11. The highest BCUT2D eigenvalue weighted by molar-refractivity contribution is 7.99. The van der Waals surface area contributed by atoms with Crippen molar-refractivity contribution in [3.05, 3.63) is 28.8 Å². The van der Waals surface area contributed by atoms with Gasteiger partial charge >= 0.3 is 0 Å². The normalized spacial score (nSPS) is 21.1. The molecule has 0 spiro atoms. The Balaban J connectivity index is 2.45. The van der Waals surface area contributed by atoms with Crippen LogP contribution in [0.2, 0.25) is 5.02 Å². The second-order valence-electron chi connectivity index (χ2n) is 3.10. The molecular formula is C10H10ClNOS. The predicted octanol–water partition coefficient (Wildman–Crippen LogP) is 2.28. The monoisotopic (exact) mass is 227 g/mol. The van der Waals surface area contributed by atoms with Gasteiger partial charge in [0.2, 0.25) is 0 Å². The molecular weight excluding hydrogens is 218 g/mol. The molecule has 0 amide bonds. The summed E-state index contributed by atoms with van der Waals surface area (Å²) in [5.41, 5.74) is 0.995. The number of thioether (sulfide) groups is 1. The molecule has 1 aliphatic heterocycles. The summed E-state index contributed by atoms with van der Waals surface area (Å²) in [6, 6.07) is 5.49. The molecule has 74 valence electrons. The summed E-state index contributed by atoms with van der Waals surface area (Å²) >= 11 is 7.66. The first-order chi connectivity index (χ1) is 6.81. The summed E-state index contributed by atoms with van der Waals surface area (Å²) in [4.78, 5) is 12.0. The van der Waals surface area contributed by atoms with Crippen molar-refractivity contribution in [2.45, 2.75) is 10.9 Å². The number of benzene rings is 1. The van der Waals surface area contributed by atoms with Crippen molar-refractivity contribution in [3.63, 3.8) is 0 Å². The van der Waals surface area contributed by atoms with E-state index >= 15 is 0 Å². The molecule has 1 N–H and O–H groups in total. The standard InChI is InChI=1S/C10H10ClNOS/c11-7-1-2-10-8(5-7)9(6-13)12-3-4-14-10/h1-2,5-6,9,12H,3-4H2. The number of carbonyl (C=O) groups is 1. The molecule has 0 fully saturated rings. The van der Waals surface area contributed by atoms with E-state index in [4.69, 9.17) is 11.6 Å². The lowest BCUT2D eigenvalue weighted by Gasteiger charge is -2.11. The Morgan fingerprint density at radius 2 is 2.43 bits per heavy atom. The molecule has 0 aliphatic carbocycles. The average molecular weight is 228 g/mol. The molecule has 1 unspecified atom stereocenters. The van der Waals surface area contributed by atoms with Crippen LogP contribution in [0.5, 0.6) is 0 Å². The maximum Gasteiger partial charge on any atom is 0.141 e. The van der Waals surface area contributed by atoms with Crippen LogP contribution >= 0.6 is 23.4 Å². The van der Waals surface area contributed by atoms with Crippen molar-refractivity contribution in [1.82, 2.24) is 5.32 Å². The Bertz CT molecular complexity index is 356. The summed E-state index contributed by atoms with van der Waals surface area (Å²) < 4.78 is 0. The predicted molar refractivity (Wildman–Crippen MR) is 59.0 cm³/mol. The molecule has 1 aromatic rings. The first-order valence-corrected chi connectivity index (χ1v) is 5.78. The van der Waals surface area contributed by atoms with E-state index in [1.54, 1.807) is 11.8 Å². The molecule has 1 atom stereocenters. The fourth-order valence-electron chi connectivity index (χ4n) is 1.50. The zero-order valence-electron chi connectivity index (χ0n) is 7.50. The molecule has 0 radical (unpaired) electrons. The molecule has 1 heterocycles. The molecule has 0 aromatic heterocycles. The van der Waals surface area contributed by atoms with E-state index in [1.165, 1.54) is 0 Å². The number of hydrogen-bond donors (Lipinski definition) is 1. The Hall–Kier alpha value is -0.510. The van der Waals surface area contributed by atoms with Crippen LogP contribution in [0, 0.1) is 0 Å². The molecule has 2 nitrogen and oxygen atoms in total. The van der Waals surface area contributed by atoms with Crippen LogP contribution < -0.4 is 5.32 Å². The third-order valence-corrected chi connectivity index (χ3v) is 3.49. The fourth-order valence-corrected chi connectivity index (χ4v) is 2.64. The Morgan fingerprint density at radius 1 is 1.57 bits per heavy atom. The van der Waals surface area contributed by atoms with Gasteiger partial charge in [0, 0.05) is 22.2 Å². The second-order valence-corrected chi connectivity index (χ2v) is 4.67. The summed E-state index contributed by atoms with van der Waals surface area (Å²) in [5, 5.41) is 3.85. The number of hydrogen-bond acceptors (Lipinski definition) is 3. The number of rotatable bonds is 1. The minimum Gasteiger partial charge on any atom is -0.303 e. The molecule has 0 saturated carbocycles. The quantitative estimate of drug-likeness (QED) is 0.747. The van der Waals surface area contributed by atoms with E-state index in [0.717, 1.165) is 29.0 Å². The number of carbonyl (C=O) groups excluding carboxylic acids is 1. The highest BCUT2D eigenvalue weighted by atomic mass is 35.5. The third-order valence-electron chi connectivity index (χ3n) is 2.17. The number of halogens is 1. The Labute approximate surface area is 92.0 Å². The van der Waals surface area contributed by atoms with Gasteiger partial charge in [0.05, 0.1) is 6.04 Å². The van der Waals surface area contributed by atoms with Gasteiger partial charge < -0.3 is 10.1 Å².